The van der Waals surface area contributed by atoms with Gasteiger partial charge in [0.2, 0.25) is 5.91 Å². The molecule has 0 aliphatic carbocycles. The Morgan fingerprint density at radius 2 is 2.04 bits per heavy atom. The number of nitrogens with one attached hydrogen (secondary N) is 1. The average molecular weight is 352 g/mol. The summed E-state index contributed by atoms with van der Waals surface area (Å²) < 4.78 is 11.5. The highest BCUT2D eigenvalue weighted by atomic mass is 16.5. The molecule has 5 heteroatoms. The smallest absolute Gasteiger partial charge is 0.246 e. The fourth-order valence-electron chi connectivity index (χ4n) is 3.56. The number of fused-ring (bicyclic) bond motifs is 1. The SMILES string of the molecule is O=C(CNc1ccccc1OCC1CCCO1)N1CCc2ccccc21. The molecule has 1 unspecified atom stereocenters. The highest BCUT2D eigenvalue weighted by Crippen LogP contribution is 2.28. The van der Waals surface area contributed by atoms with Crippen LogP contribution in [0.5, 0.6) is 5.75 Å². The largest absolute Gasteiger partial charge is 0.489 e. The molecule has 2 aliphatic rings. The Hall–Kier alpha value is -2.53. The number of rotatable bonds is 6. The lowest BCUT2D eigenvalue weighted by atomic mass is 10.2. The first-order valence-electron chi connectivity index (χ1n) is 9.27. The van der Waals surface area contributed by atoms with Crippen LogP contribution in [0.2, 0.25) is 0 Å². The Morgan fingerprint density at radius 1 is 1.19 bits per heavy atom. The van der Waals surface area contributed by atoms with Gasteiger partial charge in [0, 0.05) is 18.8 Å². The van der Waals surface area contributed by atoms with Gasteiger partial charge in [0.05, 0.1) is 18.3 Å². The third kappa shape index (κ3) is 3.68. The number of hydrogen-bond donors (Lipinski definition) is 1. The van der Waals surface area contributed by atoms with Crippen molar-refractivity contribution in [3.63, 3.8) is 0 Å². The lowest BCUT2D eigenvalue weighted by molar-refractivity contribution is -0.116. The Kier molecular flexibility index (Phi) is 5.07. The molecule has 1 amide bonds. The number of nitrogens with zero attached hydrogens (tertiary/aromatic N) is 1. The molecule has 136 valence electrons. The van der Waals surface area contributed by atoms with Gasteiger partial charge < -0.3 is 19.7 Å². The van der Waals surface area contributed by atoms with E-state index in [4.69, 9.17) is 9.47 Å². The number of benzene rings is 2. The summed E-state index contributed by atoms with van der Waals surface area (Å²) in [5, 5.41) is 3.24. The van der Waals surface area contributed by atoms with Crippen LogP contribution >= 0.6 is 0 Å². The van der Waals surface area contributed by atoms with Crippen molar-refractivity contribution in [2.24, 2.45) is 0 Å². The third-order valence-corrected chi connectivity index (χ3v) is 4.95. The molecule has 5 nitrogen and oxygen atoms in total. The number of amides is 1. The number of ether oxygens (including phenoxy) is 2. The molecule has 4 rings (SSSR count). The molecule has 0 radical (unpaired) electrons. The highest BCUT2D eigenvalue weighted by Gasteiger charge is 2.24. The minimum Gasteiger partial charge on any atom is -0.489 e. The van der Waals surface area contributed by atoms with Gasteiger partial charge in [0.25, 0.3) is 0 Å². The molecule has 0 bridgehead atoms. The zero-order valence-corrected chi connectivity index (χ0v) is 14.8. The standard InChI is InChI=1S/C21H24N2O3/c24-21(23-12-11-16-6-1-3-9-19(16)23)14-22-18-8-2-4-10-20(18)26-15-17-7-5-13-25-17/h1-4,6,8-10,17,22H,5,7,11-15H2. The van der Waals surface area contributed by atoms with Crippen molar-refractivity contribution in [2.75, 3.05) is 36.5 Å². The first-order chi connectivity index (χ1) is 12.8. The molecule has 2 heterocycles. The molecule has 0 spiro atoms. The number of anilines is 2. The summed E-state index contributed by atoms with van der Waals surface area (Å²) in [6, 6.07) is 15.8. The molecule has 1 atom stereocenters. The zero-order valence-electron chi connectivity index (χ0n) is 14.8. The van der Waals surface area contributed by atoms with Gasteiger partial charge >= 0.3 is 0 Å². The summed E-state index contributed by atoms with van der Waals surface area (Å²) >= 11 is 0. The second-order valence-electron chi connectivity index (χ2n) is 6.72. The van der Waals surface area contributed by atoms with Crippen LogP contribution in [-0.4, -0.2) is 38.3 Å². The van der Waals surface area contributed by atoms with Crippen molar-refractivity contribution in [3.05, 3.63) is 54.1 Å². The fourth-order valence-corrected chi connectivity index (χ4v) is 3.56. The van der Waals surface area contributed by atoms with Crippen LogP contribution in [0.3, 0.4) is 0 Å². The van der Waals surface area contributed by atoms with Crippen molar-refractivity contribution in [3.8, 4) is 5.75 Å². The van der Waals surface area contributed by atoms with E-state index in [1.807, 2.05) is 47.4 Å². The normalized spacial score (nSPS) is 18.6. The predicted octanol–water partition coefficient (Wildman–Crippen LogP) is 3.25. The van der Waals surface area contributed by atoms with Crippen LogP contribution in [0.15, 0.2) is 48.5 Å². The van der Waals surface area contributed by atoms with E-state index in [0.717, 1.165) is 49.5 Å². The Balaban J connectivity index is 1.36. The number of carbonyl (C=O) groups is 1. The molecule has 2 aliphatic heterocycles. The molecule has 1 fully saturated rings. The second-order valence-corrected chi connectivity index (χ2v) is 6.72. The van der Waals surface area contributed by atoms with Crippen LogP contribution in [0.25, 0.3) is 0 Å². The summed E-state index contributed by atoms with van der Waals surface area (Å²) in [5.41, 5.74) is 3.11. The fraction of sp³-hybridized carbons (Fsp3) is 0.381. The molecule has 0 aromatic heterocycles. The summed E-state index contributed by atoms with van der Waals surface area (Å²) in [7, 11) is 0. The van der Waals surface area contributed by atoms with E-state index in [0.29, 0.717) is 6.61 Å². The van der Waals surface area contributed by atoms with E-state index < -0.39 is 0 Å². The van der Waals surface area contributed by atoms with Crippen LogP contribution in [0.4, 0.5) is 11.4 Å². The van der Waals surface area contributed by atoms with Gasteiger partial charge in [-0.25, -0.2) is 0 Å². The average Bonchev–Trinajstić information content (AvgIpc) is 3.34. The topological polar surface area (TPSA) is 50.8 Å². The van der Waals surface area contributed by atoms with Gasteiger partial charge in [-0.2, -0.15) is 0 Å². The minimum absolute atomic E-state index is 0.0730. The Bertz CT molecular complexity index is 771. The molecule has 0 saturated carbocycles. The van der Waals surface area contributed by atoms with Crippen LogP contribution in [0.1, 0.15) is 18.4 Å². The van der Waals surface area contributed by atoms with E-state index >= 15 is 0 Å². The predicted molar refractivity (Wildman–Crippen MR) is 102 cm³/mol. The van der Waals surface area contributed by atoms with Gasteiger partial charge in [-0.05, 0) is 43.0 Å². The van der Waals surface area contributed by atoms with Gasteiger partial charge in [0.15, 0.2) is 0 Å². The lowest BCUT2D eigenvalue weighted by Crippen LogP contribution is -2.34. The molecule has 1 N–H and O–H groups in total. The third-order valence-electron chi connectivity index (χ3n) is 4.95. The maximum absolute atomic E-state index is 12.7. The van der Waals surface area contributed by atoms with E-state index in [-0.39, 0.29) is 18.6 Å². The Morgan fingerprint density at radius 3 is 2.92 bits per heavy atom. The molecular formula is C21H24N2O3. The molecule has 2 aromatic carbocycles. The van der Waals surface area contributed by atoms with Crippen LogP contribution < -0.4 is 15.0 Å². The maximum Gasteiger partial charge on any atom is 0.246 e. The first-order valence-corrected chi connectivity index (χ1v) is 9.27. The van der Waals surface area contributed by atoms with E-state index in [1.165, 1.54) is 5.56 Å². The summed E-state index contributed by atoms with van der Waals surface area (Å²) in [4.78, 5) is 14.5. The highest BCUT2D eigenvalue weighted by molar-refractivity contribution is 5.98. The summed E-state index contributed by atoms with van der Waals surface area (Å²) in [6.45, 7) is 2.36. The number of carbonyl (C=O) groups excluding carboxylic acids is 1. The van der Waals surface area contributed by atoms with Gasteiger partial charge in [-0.1, -0.05) is 30.3 Å². The van der Waals surface area contributed by atoms with Crippen molar-refractivity contribution in [2.45, 2.75) is 25.4 Å². The zero-order chi connectivity index (χ0) is 17.8. The monoisotopic (exact) mass is 352 g/mol. The first kappa shape index (κ1) is 16.9. The molecule has 1 saturated heterocycles. The molecular weight excluding hydrogens is 328 g/mol. The van der Waals surface area contributed by atoms with E-state index in [1.54, 1.807) is 0 Å². The summed E-state index contributed by atoms with van der Waals surface area (Å²) in [6.07, 6.45) is 3.23. The lowest BCUT2D eigenvalue weighted by Gasteiger charge is -2.19. The van der Waals surface area contributed by atoms with Crippen molar-refractivity contribution in [1.29, 1.82) is 0 Å². The van der Waals surface area contributed by atoms with Crippen LogP contribution in [0, 0.1) is 0 Å². The van der Waals surface area contributed by atoms with Gasteiger partial charge in [-0.3, -0.25) is 4.79 Å². The van der Waals surface area contributed by atoms with E-state index in [9.17, 15) is 4.79 Å². The van der Waals surface area contributed by atoms with Gasteiger partial charge in [-0.15, -0.1) is 0 Å². The molecule has 26 heavy (non-hydrogen) atoms. The molecule has 2 aromatic rings. The van der Waals surface area contributed by atoms with Crippen molar-refractivity contribution < 1.29 is 14.3 Å². The van der Waals surface area contributed by atoms with E-state index in [2.05, 4.69) is 11.4 Å². The Labute approximate surface area is 153 Å². The maximum atomic E-state index is 12.7. The van der Waals surface area contributed by atoms with Crippen molar-refractivity contribution in [1.82, 2.24) is 0 Å². The second kappa shape index (κ2) is 7.79. The number of para-hydroxylation sites is 3. The minimum atomic E-state index is 0.0730. The van der Waals surface area contributed by atoms with Crippen molar-refractivity contribution >= 4 is 17.3 Å². The quantitative estimate of drug-likeness (QED) is 0.867. The van der Waals surface area contributed by atoms with Crippen LogP contribution in [-0.2, 0) is 16.0 Å². The van der Waals surface area contributed by atoms with Gasteiger partial charge in [0.1, 0.15) is 12.4 Å². The summed E-state index contributed by atoms with van der Waals surface area (Å²) in [5.74, 6) is 0.835. The number of hydrogen-bond acceptors (Lipinski definition) is 4.